The number of nitrogens with one attached hydrogen (secondary N) is 1. The average molecular weight is 321 g/mol. The molecule has 128 valence electrons. The predicted octanol–water partition coefficient (Wildman–Crippen LogP) is 1.61. The van der Waals surface area contributed by atoms with Crippen LogP contribution in [-0.4, -0.2) is 58.5 Å². The summed E-state index contributed by atoms with van der Waals surface area (Å²) in [5.41, 5.74) is 0.0712. The van der Waals surface area contributed by atoms with Gasteiger partial charge in [0.1, 0.15) is 12.2 Å². The number of aryl methyl sites for hydroxylation is 1. The van der Waals surface area contributed by atoms with E-state index in [2.05, 4.69) is 33.9 Å². The second kappa shape index (κ2) is 6.86. The average Bonchev–Trinajstić information content (AvgIpc) is 3.17. The molecule has 1 aromatic heterocycles. The van der Waals surface area contributed by atoms with Gasteiger partial charge in [0, 0.05) is 50.7 Å². The maximum Gasteiger partial charge on any atom is 0.317 e. The summed E-state index contributed by atoms with van der Waals surface area (Å²) >= 11 is 0. The second-order valence-electron chi connectivity index (χ2n) is 6.61. The fraction of sp³-hybridized carbons (Fsp3) is 0.812. The molecule has 1 unspecified atom stereocenters. The van der Waals surface area contributed by atoms with Crippen LogP contribution in [-0.2, 0) is 11.3 Å². The molecule has 2 aliphatic rings. The fourth-order valence-electron chi connectivity index (χ4n) is 3.88. The van der Waals surface area contributed by atoms with E-state index in [1.54, 1.807) is 6.33 Å². The van der Waals surface area contributed by atoms with E-state index in [0.29, 0.717) is 6.54 Å². The van der Waals surface area contributed by atoms with Gasteiger partial charge >= 0.3 is 6.03 Å². The summed E-state index contributed by atoms with van der Waals surface area (Å²) in [6.45, 7) is 8.78. The third-order valence-corrected chi connectivity index (χ3v) is 5.25. The van der Waals surface area contributed by atoms with E-state index in [0.717, 1.165) is 57.9 Å². The lowest BCUT2D eigenvalue weighted by atomic mass is 9.71. The van der Waals surface area contributed by atoms with Crippen molar-refractivity contribution >= 4 is 6.03 Å². The molecule has 2 saturated heterocycles. The third kappa shape index (κ3) is 3.06. The van der Waals surface area contributed by atoms with Crippen LogP contribution in [0.5, 0.6) is 0 Å². The summed E-state index contributed by atoms with van der Waals surface area (Å²) in [7, 11) is 0. The highest BCUT2D eigenvalue weighted by atomic mass is 16.5. The van der Waals surface area contributed by atoms with Crippen molar-refractivity contribution < 1.29 is 9.53 Å². The molecule has 3 heterocycles. The SMILES string of the molecule is CCCNC(=O)N1CC(c2nncn2CC)C2(CCOCC2)C1. The van der Waals surface area contributed by atoms with Gasteiger partial charge in [-0.3, -0.25) is 0 Å². The first kappa shape index (κ1) is 16.2. The second-order valence-corrected chi connectivity index (χ2v) is 6.61. The first-order valence-electron chi connectivity index (χ1n) is 8.68. The molecule has 1 spiro atoms. The third-order valence-electron chi connectivity index (χ3n) is 5.25. The highest BCUT2D eigenvalue weighted by Crippen LogP contribution is 2.48. The summed E-state index contributed by atoms with van der Waals surface area (Å²) in [6.07, 6.45) is 4.70. The minimum absolute atomic E-state index is 0.0442. The monoisotopic (exact) mass is 321 g/mol. The largest absolute Gasteiger partial charge is 0.381 e. The number of carbonyl (C=O) groups is 1. The molecule has 0 radical (unpaired) electrons. The fourth-order valence-corrected chi connectivity index (χ4v) is 3.88. The van der Waals surface area contributed by atoms with Crippen LogP contribution in [0.25, 0.3) is 0 Å². The van der Waals surface area contributed by atoms with Crippen molar-refractivity contribution in [3.63, 3.8) is 0 Å². The summed E-state index contributed by atoms with van der Waals surface area (Å²) in [5.74, 6) is 1.25. The van der Waals surface area contributed by atoms with Crippen LogP contribution in [0.2, 0.25) is 0 Å². The zero-order chi connectivity index (χ0) is 16.3. The van der Waals surface area contributed by atoms with Crippen molar-refractivity contribution in [3.8, 4) is 0 Å². The molecule has 0 saturated carbocycles. The molecule has 2 fully saturated rings. The molecule has 0 aliphatic carbocycles. The minimum atomic E-state index is 0.0442. The number of nitrogens with zero attached hydrogens (tertiary/aromatic N) is 4. The van der Waals surface area contributed by atoms with Crippen molar-refractivity contribution in [1.29, 1.82) is 0 Å². The quantitative estimate of drug-likeness (QED) is 0.914. The van der Waals surface area contributed by atoms with Gasteiger partial charge in [0.15, 0.2) is 0 Å². The molecule has 1 N–H and O–H groups in total. The van der Waals surface area contributed by atoms with Crippen LogP contribution in [0.3, 0.4) is 0 Å². The number of ether oxygens (including phenoxy) is 1. The highest BCUT2D eigenvalue weighted by Gasteiger charge is 2.50. The van der Waals surface area contributed by atoms with Crippen LogP contribution >= 0.6 is 0 Å². The molecule has 0 aromatic carbocycles. The van der Waals surface area contributed by atoms with Crippen molar-refractivity contribution in [2.24, 2.45) is 5.41 Å². The lowest BCUT2D eigenvalue weighted by Crippen LogP contribution is -2.41. The Hall–Kier alpha value is -1.63. The van der Waals surface area contributed by atoms with Gasteiger partial charge in [-0.1, -0.05) is 6.92 Å². The standard InChI is InChI=1S/C16H27N5O2/c1-3-7-17-15(22)21-10-13(14-19-18-12-20(14)4-2)16(11-21)5-8-23-9-6-16/h12-13H,3-11H2,1-2H3,(H,17,22). The maximum absolute atomic E-state index is 12.4. The number of aromatic nitrogens is 3. The number of likely N-dealkylation sites (tertiary alicyclic amines) is 1. The van der Waals surface area contributed by atoms with E-state index in [9.17, 15) is 4.79 Å². The van der Waals surface area contributed by atoms with Gasteiger partial charge in [0.05, 0.1) is 0 Å². The number of urea groups is 1. The van der Waals surface area contributed by atoms with Gasteiger partial charge in [0.25, 0.3) is 0 Å². The number of hydrogen-bond donors (Lipinski definition) is 1. The number of hydrogen-bond acceptors (Lipinski definition) is 4. The van der Waals surface area contributed by atoms with Crippen molar-refractivity contribution in [2.45, 2.75) is 45.6 Å². The predicted molar refractivity (Wildman–Crippen MR) is 86.2 cm³/mol. The minimum Gasteiger partial charge on any atom is -0.381 e. The maximum atomic E-state index is 12.4. The molecule has 7 nitrogen and oxygen atoms in total. The lowest BCUT2D eigenvalue weighted by Gasteiger charge is -2.37. The van der Waals surface area contributed by atoms with Gasteiger partial charge in [0.2, 0.25) is 0 Å². The Balaban J connectivity index is 1.84. The smallest absolute Gasteiger partial charge is 0.317 e. The van der Waals surface area contributed by atoms with E-state index in [1.165, 1.54) is 0 Å². The van der Waals surface area contributed by atoms with Gasteiger partial charge in [-0.15, -0.1) is 10.2 Å². The zero-order valence-corrected chi connectivity index (χ0v) is 14.1. The molecular formula is C16H27N5O2. The number of rotatable bonds is 4. The Morgan fingerprint density at radius 1 is 1.43 bits per heavy atom. The normalized spacial score (nSPS) is 23.4. The van der Waals surface area contributed by atoms with Crippen molar-refractivity contribution in [2.75, 3.05) is 32.8 Å². The first-order valence-corrected chi connectivity index (χ1v) is 8.68. The molecule has 1 atom stereocenters. The van der Waals surface area contributed by atoms with Crippen LogP contribution < -0.4 is 5.32 Å². The Bertz CT molecular complexity index is 538. The van der Waals surface area contributed by atoms with Crippen LogP contribution in [0, 0.1) is 5.41 Å². The Kier molecular flexibility index (Phi) is 4.84. The van der Waals surface area contributed by atoms with Crippen molar-refractivity contribution in [3.05, 3.63) is 12.2 Å². The van der Waals surface area contributed by atoms with E-state index in [-0.39, 0.29) is 17.4 Å². The van der Waals surface area contributed by atoms with Crippen LogP contribution in [0.4, 0.5) is 4.79 Å². The van der Waals surface area contributed by atoms with Crippen LogP contribution in [0.15, 0.2) is 6.33 Å². The Labute approximate surface area is 137 Å². The van der Waals surface area contributed by atoms with Gasteiger partial charge < -0.3 is 19.5 Å². The lowest BCUT2D eigenvalue weighted by molar-refractivity contribution is 0.0119. The van der Waals surface area contributed by atoms with E-state index >= 15 is 0 Å². The molecule has 2 aliphatic heterocycles. The first-order chi connectivity index (χ1) is 11.2. The molecule has 0 bridgehead atoms. The van der Waals surface area contributed by atoms with E-state index in [4.69, 9.17) is 4.74 Å². The zero-order valence-electron chi connectivity index (χ0n) is 14.1. The molecule has 3 rings (SSSR count). The molecule has 7 heteroatoms. The van der Waals surface area contributed by atoms with Gasteiger partial charge in [-0.25, -0.2) is 4.79 Å². The van der Waals surface area contributed by atoms with E-state index < -0.39 is 0 Å². The van der Waals surface area contributed by atoms with Gasteiger partial charge in [-0.2, -0.15) is 0 Å². The molecule has 2 amide bonds. The highest BCUT2D eigenvalue weighted by molar-refractivity contribution is 5.74. The topological polar surface area (TPSA) is 72.3 Å². The number of amides is 2. The summed E-state index contributed by atoms with van der Waals surface area (Å²) < 4.78 is 7.68. The Morgan fingerprint density at radius 3 is 2.91 bits per heavy atom. The van der Waals surface area contributed by atoms with Gasteiger partial charge in [-0.05, 0) is 26.2 Å². The van der Waals surface area contributed by atoms with Crippen molar-refractivity contribution in [1.82, 2.24) is 25.0 Å². The van der Waals surface area contributed by atoms with Crippen LogP contribution in [0.1, 0.15) is 44.9 Å². The molecule has 23 heavy (non-hydrogen) atoms. The molecular weight excluding hydrogens is 294 g/mol. The molecule has 1 aromatic rings. The Morgan fingerprint density at radius 2 is 2.22 bits per heavy atom. The summed E-state index contributed by atoms with van der Waals surface area (Å²) in [6, 6.07) is 0.0442. The van der Waals surface area contributed by atoms with E-state index in [1.807, 2.05) is 4.90 Å². The summed E-state index contributed by atoms with van der Waals surface area (Å²) in [4.78, 5) is 14.4. The number of carbonyl (C=O) groups excluding carboxylic acids is 1. The summed E-state index contributed by atoms with van der Waals surface area (Å²) in [5, 5.41) is 11.5.